The number of anilines is 1. The van der Waals surface area contributed by atoms with E-state index in [0.29, 0.717) is 25.5 Å². The van der Waals surface area contributed by atoms with Gasteiger partial charge in [-0.25, -0.2) is 0 Å². The summed E-state index contributed by atoms with van der Waals surface area (Å²) in [7, 11) is 0. The van der Waals surface area contributed by atoms with E-state index in [1.54, 1.807) is 0 Å². The second-order valence-electron chi connectivity index (χ2n) is 6.04. The monoisotopic (exact) mass is 377 g/mol. The van der Waals surface area contributed by atoms with Crippen LogP contribution >= 0.6 is 12.4 Å². The van der Waals surface area contributed by atoms with E-state index in [1.165, 1.54) is 0 Å². The Hall–Kier alpha value is -2.18. The molecule has 0 spiro atoms. The smallest absolute Gasteiger partial charge is 0.227 e. The van der Waals surface area contributed by atoms with Gasteiger partial charge in [0.15, 0.2) is 0 Å². The van der Waals surface area contributed by atoms with Crippen molar-refractivity contribution in [2.45, 2.75) is 26.7 Å². The number of hydrogen-bond donors (Lipinski definition) is 3. The third kappa shape index (κ3) is 5.41. The van der Waals surface area contributed by atoms with Gasteiger partial charge in [-0.05, 0) is 25.0 Å². The van der Waals surface area contributed by atoms with Gasteiger partial charge >= 0.3 is 0 Å². The zero-order valence-electron chi connectivity index (χ0n) is 15.4. The molecule has 1 aromatic carbocycles. The Morgan fingerprint density at radius 1 is 1.04 bits per heavy atom. The van der Waals surface area contributed by atoms with Crippen molar-refractivity contribution in [1.82, 2.24) is 15.5 Å². The first kappa shape index (κ1) is 21.9. The predicted molar refractivity (Wildman–Crippen MR) is 108 cm³/mol. The standard InChI is InChI=1S/C19H27N5O.ClH/c1-3-19(4-2,14-20)18(25)22-13-12-21-17-11-10-16(23-24-17)15-8-6-5-7-9-15;/h5-11H,3-4,12-14,20H2,1-2H3,(H,21,24)(H,22,25);1H. The molecule has 0 aliphatic rings. The lowest BCUT2D eigenvalue weighted by Gasteiger charge is -2.28. The van der Waals surface area contributed by atoms with Crippen LogP contribution in [-0.4, -0.2) is 35.7 Å². The molecule has 0 saturated heterocycles. The van der Waals surface area contributed by atoms with Crippen molar-refractivity contribution in [1.29, 1.82) is 0 Å². The molecular formula is C19H28ClN5O. The van der Waals surface area contributed by atoms with Gasteiger partial charge in [0.1, 0.15) is 5.82 Å². The molecule has 0 aliphatic heterocycles. The van der Waals surface area contributed by atoms with Crippen molar-refractivity contribution in [3.63, 3.8) is 0 Å². The summed E-state index contributed by atoms with van der Waals surface area (Å²) in [6, 6.07) is 13.7. The lowest BCUT2D eigenvalue weighted by molar-refractivity contribution is -0.130. The molecule has 0 bridgehead atoms. The fraction of sp³-hybridized carbons (Fsp3) is 0.421. The molecule has 0 aliphatic carbocycles. The highest BCUT2D eigenvalue weighted by atomic mass is 35.5. The summed E-state index contributed by atoms with van der Waals surface area (Å²) in [4.78, 5) is 12.3. The average molecular weight is 378 g/mol. The Morgan fingerprint density at radius 3 is 2.27 bits per heavy atom. The molecule has 1 amide bonds. The van der Waals surface area contributed by atoms with Gasteiger partial charge in [-0.1, -0.05) is 44.2 Å². The molecule has 0 radical (unpaired) electrons. The van der Waals surface area contributed by atoms with Crippen LogP contribution in [0.5, 0.6) is 0 Å². The van der Waals surface area contributed by atoms with Crippen molar-refractivity contribution < 1.29 is 4.79 Å². The number of halogens is 1. The summed E-state index contributed by atoms with van der Waals surface area (Å²) < 4.78 is 0. The maximum Gasteiger partial charge on any atom is 0.227 e. The van der Waals surface area contributed by atoms with E-state index in [0.717, 1.165) is 24.1 Å². The van der Waals surface area contributed by atoms with Gasteiger partial charge in [0.2, 0.25) is 5.91 Å². The minimum atomic E-state index is -0.461. The zero-order valence-corrected chi connectivity index (χ0v) is 16.2. The van der Waals surface area contributed by atoms with Crippen molar-refractivity contribution in [3.8, 4) is 11.3 Å². The molecule has 0 fully saturated rings. The summed E-state index contributed by atoms with van der Waals surface area (Å²) in [5.74, 6) is 0.706. The first-order valence-corrected chi connectivity index (χ1v) is 8.76. The third-order valence-corrected chi connectivity index (χ3v) is 4.68. The van der Waals surface area contributed by atoms with Crippen LogP contribution in [0, 0.1) is 5.41 Å². The molecule has 0 atom stereocenters. The normalized spacial score (nSPS) is 10.7. The minimum absolute atomic E-state index is 0. The first-order chi connectivity index (χ1) is 12.1. The molecule has 1 aromatic heterocycles. The van der Waals surface area contributed by atoms with Gasteiger partial charge in [-0.2, -0.15) is 0 Å². The van der Waals surface area contributed by atoms with Gasteiger partial charge in [0, 0.05) is 25.2 Å². The number of aromatic nitrogens is 2. The van der Waals surface area contributed by atoms with E-state index in [1.807, 2.05) is 56.3 Å². The summed E-state index contributed by atoms with van der Waals surface area (Å²) in [5, 5.41) is 14.5. The van der Waals surface area contributed by atoms with Crippen molar-refractivity contribution >= 4 is 24.1 Å². The van der Waals surface area contributed by atoms with Crippen LogP contribution in [-0.2, 0) is 4.79 Å². The molecule has 1 heterocycles. The molecule has 7 heteroatoms. The van der Waals surface area contributed by atoms with Crippen LogP contribution in [0.25, 0.3) is 11.3 Å². The number of carbonyl (C=O) groups is 1. The number of nitrogens with two attached hydrogens (primary N) is 1. The Labute approximate surface area is 161 Å². The van der Waals surface area contributed by atoms with E-state index in [-0.39, 0.29) is 18.3 Å². The van der Waals surface area contributed by atoms with Crippen LogP contribution in [0.15, 0.2) is 42.5 Å². The summed E-state index contributed by atoms with van der Waals surface area (Å²) in [5.41, 5.74) is 7.20. The van der Waals surface area contributed by atoms with Crippen LogP contribution in [0.1, 0.15) is 26.7 Å². The topological polar surface area (TPSA) is 92.9 Å². The molecule has 0 unspecified atom stereocenters. The maximum absolute atomic E-state index is 12.3. The molecule has 4 N–H and O–H groups in total. The Morgan fingerprint density at radius 2 is 1.73 bits per heavy atom. The minimum Gasteiger partial charge on any atom is -0.367 e. The summed E-state index contributed by atoms with van der Waals surface area (Å²) >= 11 is 0. The maximum atomic E-state index is 12.3. The van der Waals surface area contributed by atoms with Gasteiger partial charge in [-0.15, -0.1) is 22.6 Å². The predicted octanol–water partition coefficient (Wildman–Crippen LogP) is 2.86. The van der Waals surface area contributed by atoms with E-state index in [9.17, 15) is 4.79 Å². The second-order valence-corrected chi connectivity index (χ2v) is 6.04. The number of carbonyl (C=O) groups excluding carboxylic acids is 1. The number of amides is 1. The largest absolute Gasteiger partial charge is 0.367 e. The second kappa shape index (κ2) is 10.7. The fourth-order valence-electron chi connectivity index (χ4n) is 2.70. The Kier molecular flexibility index (Phi) is 9.02. The van der Waals surface area contributed by atoms with Gasteiger partial charge in [0.25, 0.3) is 0 Å². The Bertz CT molecular complexity index is 651. The van der Waals surface area contributed by atoms with Crippen LogP contribution in [0.4, 0.5) is 5.82 Å². The van der Waals surface area contributed by atoms with Crippen LogP contribution < -0.4 is 16.4 Å². The number of hydrogen-bond acceptors (Lipinski definition) is 5. The molecule has 0 saturated carbocycles. The Balaban J connectivity index is 0.00000338. The molecule has 26 heavy (non-hydrogen) atoms. The molecule has 2 rings (SSSR count). The van der Waals surface area contributed by atoms with Crippen molar-refractivity contribution in [3.05, 3.63) is 42.5 Å². The highest BCUT2D eigenvalue weighted by molar-refractivity contribution is 5.85. The van der Waals surface area contributed by atoms with Crippen molar-refractivity contribution in [2.75, 3.05) is 25.0 Å². The lowest BCUT2D eigenvalue weighted by Crippen LogP contribution is -2.46. The lowest BCUT2D eigenvalue weighted by atomic mass is 9.81. The van der Waals surface area contributed by atoms with E-state index < -0.39 is 5.41 Å². The average Bonchev–Trinajstić information content (AvgIpc) is 2.68. The summed E-state index contributed by atoms with van der Waals surface area (Å²) in [6.07, 6.45) is 1.48. The van der Waals surface area contributed by atoms with Gasteiger partial charge < -0.3 is 16.4 Å². The highest BCUT2D eigenvalue weighted by Crippen LogP contribution is 2.24. The number of benzene rings is 1. The number of rotatable bonds is 9. The molecular weight excluding hydrogens is 350 g/mol. The van der Waals surface area contributed by atoms with Crippen molar-refractivity contribution in [2.24, 2.45) is 11.1 Å². The van der Waals surface area contributed by atoms with Crippen LogP contribution in [0.2, 0.25) is 0 Å². The number of nitrogens with zero attached hydrogens (tertiary/aromatic N) is 2. The fourth-order valence-corrected chi connectivity index (χ4v) is 2.70. The summed E-state index contributed by atoms with van der Waals surface area (Å²) in [6.45, 7) is 5.46. The molecule has 2 aromatic rings. The molecule has 6 nitrogen and oxygen atoms in total. The quantitative estimate of drug-likeness (QED) is 0.584. The third-order valence-electron chi connectivity index (χ3n) is 4.68. The number of nitrogens with one attached hydrogen (secondary N) is 2. The SMILES string of the molecule is CCC(CC)(CN)C(=O)NCCNc1ccc(-c2ccccc2)nn1.Cl. The molecule has 142 valence electrons. The zero-order chi connectivity index (χ0) is 18.1. The highest BCUT2D eigenvalue weighted by Gasteiger charge is 2.32. The van der Waals surface area contributed by atoms with Gasteiger partial charge in [-0.3, -0.25) is 4.79 Å². The van der Waals surface area contributed by atoms with Gasteiger partial charge in [0.05, 0.1) is 11.1 Å². The van der Waals surface area contributed by atoms with E-state index in [4.69, 9.17) is 5.73 Å². The van der Waals surface area contributed by atoms with E-state index >= 15 is 0 Å². The first-order valence-electron chi connectivity index (χ1n) is 8.76. The van der Waals surface area contributed by atoms with Crippen LogP contribution in [0.3, 0.4) is 0 Å². The van der Waals surface area contributed by atoms with E-state index in [2.05, 4.69) is 20.8 Å².